The summed E-state index contributed by atoms with van der Waals surface area (Å²) in [5, 5.41) is 11.5. The molecule has 2 aromatic carbocycles. The van der Waals surface area contributed by atoms with Crippen molar-refractivity contribution in [3.63, 3.8) is 0 Å². The molecule has 1 aliphatic rings. The van der Waals surface area contributed by atoms with Gasteiger partial charge >= 0.3 is 0 Å². The predicted molar refractivity (Wildman–Crippen MR) is 113 cm³/mol. The first-order chi connectivity index (χ1) is 14.0. The number of ketones is 1. The first-order valence-electron chi connectivity index (χ1n) is 10.4. The predicted octanol–water partition coefficient (Wildman–Crippen LogP) is 6.01. The van der Waals surface area contributed by atoms with Crippen molar-refractivity contribution in [1.82, 2.24) is 0 Å². The van der Waals surface area contributed by atoms with Gasteiger partial charge in [-0.25, -0.2) is 0 Å². The van der Waals surface area contributed by atoms with Gasteiger partial charge in [0.1, 0.15) is 6.29 Å². The molecule has 0 spiro atoms. The maximum absolute atomic E-state index is 12.4. The largest absolute Gasteiger partial charge is 0.303 e. The van der Waals surface area contributed by atoms with Crippen molar-refractivity contribution in [2.24, 2.45) is 0 Å². The highest BCUT2D eigenvalue weighted by atomic mass is 16.6. The molecule has 29 heavy (non-hydrogen) atoms. The molecule has 0 fully saturated rings. The summed E-state index contributed by atoms with van der Waals surface area (Å²) in [5.74, 6) is -0.190. The van der Waals surface area contributed by atoms with Crippen LogP contribution in [0.2, 0.25) is 0 Å². The maximum atomic E-state index is 12.4. The lowest BCUT2D eigenvalue weighted by Crippen LogP contribution is -2.26. The molecule has 0 saturated heterocycles. The van der Waals surface area contributed by atoms with Gasteiger partial charge in [-0.1, -0.05) is 51.7 Å². The van der Waals surface area contributed by atoms with E-state index in [1.165, 1.54) is 0 Å². The Labute approximate surface area is 171 Å². The van der Waals surface area contributed by atoms with Crippen LogP contribution in [-0.4, -0.2) is 17.0 Å². The maximum Gasteiger partial charge on any atom is 0.269 e. The van der Waals surface area contributed by atoms with Crippen LogP contribution in [0.1, 0.15) is 80.3 Å². The monoisotopic (exact) mass is 393 g/mol. The molecule has 152 valence electrons. The molecule has 0 saturated carbocycles. The van der Waals surface area contributed by atoms with Crippen LogP contribution in [0.25, 0.3) is 11.1 Å². The summed E-state index contributed by atoms with van der Waals surface area (Å²) in [7, 11) is 0. The van der Waals surface area contributed by atoms with Gasteiger partial charge in [0.25, 0.3) is 5.69 Å². The lowest BCUT2D eigenvalue weighted by Gasteiger charge is -2.32. The fourth-order valence-electron chi connectivity index (χ4n) is 4.58. The number of carbonyl (C=O) groups excluding carboxylic acids is 2. The number of hydrogen-bond acceptors (Lipinski definition) is 4. The van der Waals surface area contributed by atoms with E-state index in [1.54, 1.807) is 18.2 Å². The Kier molecular flexibility index (Phi) is 6.26. The molecule has 3 rings (SSSR count). The Morgan fingerprint density at radius 3 is 2.14 bits per heavy atom. The van der Waals surface area contributed by atoms with Gasteiger partial charge in [0.2, 0.25) is 0 Å². The van der Waals surface area contributed by atoms with Crippen molar-refractivity contribution < 1.29 is 14.5 Å². The Morgan fingerprint density at radius 1 is 1.00 bits per heavy atom. The molecule has 1 aliphatic carbocycles. The fraction of sp³-hybridized carbons (Fsp3) is 0.417. The Morgan fingerprint density at radius 2 is 1.59 bits per heavy atom. The number of Topliss-reactive ketones (excluding diaryl/α,β-unsaturated/α-hetero) is 1. The highest BCUT2D eigenvalue weighted by Gasteiger charge is 2.43. The smallest absolute Gasteiger partial charge is 0.269 e. The molecule has 0 N–H and O–H groups in total. The van der Waals surface area contributed by atoms with Crippen molar-refractivity contribution in [2.75, 3.05) is 0 Å². The van der Waals surface area contributed by atoms with E-state index in [9.17, 15) is 19.7 Å². The Bertz CT molecular complexity index is 940. The zero-order valence-corrected chi connectivity index (χ0v) is 17.1. The molecule has 0 aliphatic heterocycles. The zero-order chi connectivity index (χ0) is 21.0. The van der Waals surface area contributed by atoms with Crippen molar-refractivity contribution in [3.8, 4) is 11.1 Å². The fourth-order valence-corrected chi connectivity index (χ4v) is 4.58. The second-order valence-electron chi connectivity index (χ2n) is 7.83. The van der Waals surface area contributed by atoms with Gasteiger partial charge in [-0.15, -0.1) is 0 Å². The van der Waals surface area contributed by atoms with Crippen molar-refractivity contribution in [1.29, 1.82) is 0 Å². The van der Waals surface area contributed by atoms with Crippen molar-refractivity contribution >= 4 is 17.8 Å². The average molecular weight is 393 g/mol. The molecule has 5 heteroatoms. The van der Waals surface area contributed by atoms with Gasteiger partial charge in [0.15, 0.2) is 5.78 Å². The minimum Gasteiger partial charge on any atom is -0.303 e. The molecule has 0 amide bonds. The highest BCUT2D eigenvalue weighted by molar-refractivity contribution is 6.03. The first kappa shape index (κ1) is 20.9. The normalized spacial score (nSPS) is 13.6. The summed E-state index contributed by atoms with van der Waals surface area (Å²) in [6.07, 6.45) is 6.32. The van der Waals surface area contributed by atoms with E-state index in [0.717, 1.165) is 60.8 Å². The molecule has 5 nitrogen and oxygen atoms in total. The van der Waals surface area contributed by atoms with Crippen LogP contribution in [0, 0.1) is 10.1 Å². The van der Waals surface area contributed by atoms with Gasteiger partial charge in [-0.3, -0.25) is 14.9 Å². The van der Waals surface area contributed by atoms with Crippen LogP contribution in [-0.2, 0) is 10.2 Å². The topological polar surface area (TPSA) is 77.3 Å². The number of nitrogens with zero attached hydrogens (tertiary/aromatic N) is 1. The molecular weight excluding hydrogens is 366 g/mol. The van der Waals surface area contributed by atoms with Gasteiger partial charge in [0, 0.05) is 23.1 Å². The summed E-state index contributed by atoms with van der Waals surface area (Å²) in [6, 6.07) is 10.8. The van der Waals surface area contributed by atoms with Gasteiger partial charge < -0.3 is 4.79 Å². The van der Waals surface area contributed by atoms with Crippen LogP contribution in [0.5, 0.6) is 0 Å². The first-order valence-corrected chi connectivity index (χ1v) is 10.4. The van der Waals surface area contributed by atoms with E-state index in [-0.39, 0.29) is 28.2 Å². The minimum absolute atomic E-state index is 0.103. The lowest BCUT2D eigenvalue weighted by molar-refractivity contribution is -0.384. The summed E-state index contributed by atoms with van der Waals surface area (Å²) < 4.78 is 0. The number of carbonyl (C=O) groups is 2. The number of hydrogen-bond donors (Lipinski definition) is 0. The third kappa shape index (κ3) is 3.74. The second-order valence-corrected chi connectivity index (χ2v) is 7.83. The molecular formula is C24H27NO4. The molecule has 2 aromatic rings. The van der Waals surface area contributed by atoms with E-state index in [1.807, 2.05) is 18.2 Å². The number of benzene rings is 2. The second kappa shape index (κ2) is 8.68. The molecule has 0 aromatic heterocycles. The molecule has 0 heterocycles. The minimum atomic E-state index is -0.341. The number of fused-ring (bicyclic) bond motifs is 3. The van der Waals surface area contributed by atoms with Gasteiger partial charge in [-0.2, -0.15) is 0 Å². The number of unbranched alkanes of at least 4 members (excludes halogenated alkanes) is 2. The summed E-state index contributed by atoms with van der Waals surface area (Å²) in [4.78, 5) is 34.3. The van der Waals surface area contributed by atoms with Crippen molar-refractivity contribution in [2.45, 2.75) is 64.2 Å². The lowest BCUT2D eigenvalue weighted by atomic mass is 9.70. The number of non-ortho nitro benzene ring substituents is 1. The Balaban J connectivity index is 2.24. The molecule has 0 atom stereocenters. The van der Waals surface area contributed by atoms with Crippen LogP contribution in [0.4, 0.5) is 5.69 Å². The van der Waals surface area contributed by atoms with Crippen LogP contribution in [0.3, 0.4) is 0 Å². The van der Waals surface area contributed by atoms with E-state index in [0.29, 0.717) is 11.8 Å². The van der Waals surface area contributed by atoms with Crippen LogP contribution >= 0.6 is 0 Å². The Hall–Kier alpha value is -2.82. The van der Waals surface area contributed by atoms with Gasteiger partial charge in [-0.05, 0) is 47.2 Å². The van der Waals surface area contributed by atoms with Gasteiger partial charge in [0.05, 0.1) is 11.3 Å². The third-order valence-corrected chi connectivity index (χ3v) is 6.06. The molecule has 0 radical (unpaired) electrons. The van der Waals surface area contributed by atoms with Crippen molar-refractivity contribution in [3.05, 3.63) is 63.2 Å². The summed E-state index contributed by atoms with van der Waals surface area (Å²) in [5.41, 5.74) is 4.45. The standard InChI is InChI=1S/C24H27NO4/c1-3-5-12-24(13-6-4-2)21-15-17(23(27)11-14-26)7-9-19(21)20-10-8-18(25(28)29)16-22(20)24/h7-10,14-16H,3-6,11-13H2,1-2H3. The summed E-state index contributed by atoms with van der Waals surface area (Å²) in [6.45, 7) is 4.28. The quantitative estimate of drug-likeness (QED) is 0.163. The number of rotatable bonds is 10. The van der Waals surface area contributed by atoms with Crippen LogP contribution in [0.15, 0.2) is 36.4 Å². The number of nitro benzene ring substituents is 1. The van der Waals surface area contributed by atoms with E-state index in [2.05, 4.69) is 13.8 Å². The van der Waals surface area contributed by atoms with Crippen LogP contribution < -0.4 is 0 Å². The zero-order valence-electron chi connectivity index (χ0n) is 17.1. The highest BCUT2D eigenvalue weighted by Crippen LogP contribution is 2.55. The number of nitro groups is 1. The van der Waals surface area contributed by atoms with E-state index >= 15 is 0 Å². The number of aldehydes is 1. The molecule has 0 bridgehead atoms. The molecule has 0 unspecified atom stereocenters. The average Bonchev–Trinajstić information content (AvgIpc) is 2.99. The summed E-state index contributed by atoms with van der Waals surface area (Å²) >= 11 is 0. The van der Waals surface area contributed by atoms with E-state index < -0.39 is 0 Å². The SMILES string of the molecule is CCCCC1(CCCC)c2cc(C(=O)CC=O)ccc2-c2ccc([N+](=O)[O-])cc21. The van der Waals surface area contributed by atoms with E-state index in [4.69, 9.17) is 0 Å². The third-order valence-electron chi connectivity index (χ3n) is 6.06.